The molecule has 0 atom stereocenters. The van der Waals surface area contributed by atoms with Crippen molar-refractivity contribution in [1.29, 1.82) is 0 Å². The number of alkyl halides is 2. The van der Waals surface area contributed by atoms with Gasteiger partial charge in [-0.05, 0) is 24.6 Å². The number of aromatic carboxylic acids is 1. The van der Waals surface area contributed by atoms with Crippen LogP contribution in [0.4, 0.5) is 13.2 Å². The number of carboxylic acid groups (broad SMARTS) is 1. The molecule has 0 aromatic heterocycles. The molecule has 15 heavy (non-hydrogen) atoms. The average molecular weight is 220 g/mol. The highest BCUT2D eigenvalue weighted by Gasteiger charge is 2.15. The van der Waals surface area contributed by atoms with E-state index in [2.05, 4.69) is 4.74 Å². The number of hydrogen-bond donors (Lipinski definition) is 1. The molecule has 1 aromatic carbocycles. The monoisotopic (exact) mass is 220 g/mol. The largest absolute Gasteiger partial charge is 0.478 e. The number of hydrogen-bond acceptors (Lipinski definition) is 2. The van der Waals surface area contributed by atoms with Crippen molar-refractivity contribution in [1.82, 2.24) is 0 Å². The average Bonchev–Trinajstić information content (AvgIpc) is 2.11. The lowest BCUT2D eigenvalue weighted by atomic mass is 10.1. The summed E-state index contributed by atoms with van der Waals surface area (Å²) >= 11 is 0. The van der Waals surface area contributed by atoms with Crippen molar-refractivity contribution >= 4 is 5.97 Å². The van der Waals surface area contributed by atoms with Crippen LogP contribution >= 0.6 is 0 Å². The van der Waals surface area contributed by atoms with E-state index in [9.17, 15) is 18.0 Å². The summed E-state index contributed by atoms with van der Waals surface area (Å²) in [7, 11) is 0. The highest BCUT2D eigenvalue weighted by molar-refractivity contribution is 5.88. The molecule has 82 valence electrons. The SMILES string of the molecule is Cc1cc(C(=O)O)cc(OC(F)F)c1F. The molecule has 1 rings (SSSR count). The van der Waals surface area contributed by atoms with Crippen LogP contribution in [0.2, 0.25) is 0 Å². The zero-order valence-corrected chi connectivity index (χ0v) is 7.63. The maximum absolute atomic E-state index is 13.2. The summed E-state index contributed by atoms with van der Waals surface area (Å²) in [6.07, 6.45) is 0. The van der Waals surface area contributed by atoms with Gasteiger partial charge in [-0.25, -0.2) is 9.18 Å². The van der Waals surface area contributed by atoms with Gasteiger partial charge in [0.25, 0.3) is 0 Å². The molecule has 0 saturated heterocycles. The van der Waals surface area contributed by atoms with Gasteiger partial charge in [-0.15, -0.1) is 0 Å². The lowest BCUT2D eigenvalue weighted by Gasteiger charge is -2.08. The van der Waals surface area contributed by atoms with Crippen molar-refractivity contribution in [3.8, 4) is 5.75 Å². The Morgan fingerprint density at radius 1 is 1.47 bits per heavy atom. The molecule has 0 spiro atoms. The number of rotatable bonds is 3. The fourth-order valence-electron chi connectivity index (χ4n) is 1.04. The number of benzene rings is 1. The van der Waals surface area contributed by atoms with E-state index in [1.165, 1.54) is 6.92 Å². The summed E-state index contributed by atoms with van der Waals surface area (Å²) in [5.41, 5.74) is -0.366. The molecule has 6 heteroatoms. The number of halogens is 3. The predicted octanol–water partition coefficient (Wildman–Crippen LogP) is 2.43. The molecule has 0 unspecified atom stereocenters. The van der Waals surface area contributed by atoms with Crippen molar-refractivity contribution in [2.75, 3.05) is 0 Å². The van der Waals surface area contributed by atoms with Crippen LogP contribution in [-0.2, 0) is 0 Å². The van der Waals surface area contributed by atoms with Gasteiger partial charge in [-0.3, -0.25) is 0 Å². The predicted molar refractivity (Wildman–Crippen MR) is 44.7 cm³/mol. The van der Waals surface area contributed by atoms with Crippen LogP contribution in [0.5, 0.6) is 5.75 Å². The number of carbonyl (C=O) groups is 1. The third kappa shape index (κ3) is 2.61. The molecule has 1 N–H and O–H groups in total. The maximum Gasteiger partial charge on any atom is 0.387 e. The molecule has 0 saturated carbocycles. The number of ether oxygens (including phenoxy) is 1. The van der Waals surface area contributed by atoms with E-state index >= 15 is 0 Å². The minimum Gasteiger partial charge on any atom is -0.478 e. The van der Waals surface area contributed by atoms with Gasteiger partial charge in [0.2, 0.25) is 0 Å². The van der Waals surface area contributed by atoms with Gasteiger partial charge in [0.05, 0.1) is 5.56 Å². The minimum atomic E-state index is -3.19. The van der Waals surface area contributed by atoms with Crippen LogP contribution in [0.25, 0.3) is 0 Å². The summed E-state index contributed by atoms with van der Waals surface area (Å²) in [5.74, 6) is -3.08. The van der Waals surface area contributed by atoms with Gasteiger partial charge >= 0.3 is 12.6 Å². The summed E-state index contributed by atoms with van der Waals surface area (Å²) in [6.45, 7) is -1.93. The van der Waals surface area contributed by atoms with E-state index in [0.717, 1.165) is 12.1 Å². The van der Waals surface area contributed by atoms with Crippen molar-refractivity contribution < 1.29 is 27.8 Å². The van der Waals surface area contributed by atoms with Gasteiger partial charge in [-0.2, -0.15) is 8.78 Å². The molecule has 0 aliphatic heterocycles. The maximum atomic E-state index is 13.2. The second kappa shape index (κ2) is 4.20. The zero-order chi connectivity index (χ0) is 11.6. The Labute approximate surface area is 83.1 Å². The van der Waals surface area contributed by atoms with Crippen LogP contribution < -0.4 is 4.74 Å². The normalized spacial score (nSPS) is 10.5. The van der Waals surface area contributed by atoms with Gasteiger partial charge in [0, 0.05) is 0 Å². The van der Waals surface area contributed by atoms with Crippen LogP contribution in [0.15, 0.2) is 12.1 Å². The van der Waals surface area contributed by atoms with Crippen molar-refractivity contribution in [2.45, 2.75) is 13.5 Å². The second-order valence-electron chi connectivity index (χ2n) is 2.79. The van der Waals surface area contributed by atoms with E-state index < -0.39 is 24.1 Å². The molecule has 0 aliphatic carbocycles. The van der Waals surface area contributed by atoms with Gasteiger partial charge in [-0.1, -0.05) is 0 Å². The first-order chi connectivity index (χ1) is 6.91. The smallest absolute Gasteiger partial charge is 0.387 e. The van der Waals surface area contributed by atoms with Crippen LogP contribution in [0, 0.1) is 12.7 Å². The van der Waals surface area contributed by atoms with Gasteiger partial charge < -0.3 is 9.84 Å². The van der Waals surface area contributed by atoms with Crippen LogP contribution in [0.3, 0.4) is 0 Å². The lowest BCUT2D eigenvalue weighted by molar-refractivity contribution is -0.0523. The third-order valence-corrected chi connectivity index (χ3v) is 1.68. The highest BCUT2D eigenvalue weighted by atomic mass is 19.3. The molecule has 0 heterocycles. The van der Waals surface area contributed by atoms with E-state index in [4.69, 9.17) is 5.11 Å². The van der Waals surface area contributed by atoms with Gasteiger partial charge in [0.15, 0.2) is 11.6 Å². The molecule has 0 bridgehead atoms. The van der Waals surface area contributed by atoms with E-state index in [1.54, 1.807) is 0 Å². The Morgan fingerprint density at radius 2 is 2.07 bits per heavy atom. The fraction of sp³-hybridized carbons (Fsp3) is 0.222. The van der Waals surface area contributed by atoms with E-state index in [-0.39, 0.29) is 11.1 Å². The first-order valence-corrected chi connectivity index (χ1v) is 3.90. The standard InChI is InChI=1S/C9H7F3O3/c1-4-2-5(8(13)14)3-6(7(4)10)15-9(11)12/h2-3,9H,1H3,(H,13,14). The Bertz CT molecular complexity index is 390. The molecule has 0 radical (unpaired) electrons. The lowest BCUT2D eigenvalue weighted by Crippen LogP contribution is -2.07. The van der Waals surface area contributed by atoms with E-state index in [1.807, 2.05) is 0 Å². The van der Waals surface area contributed by atoms with Crippen molar-refractivity contribution in [3.63, 3.8) is 0 Å². The first-order valence-electron chi connectivity index (χ1n) is 3.90. The zero-order valence-electron chi connectivity index (χ0n) is 7.63. The summed E-state index contributed by atoms with van der Waals surface area (Å²) in [5, 5.41) is 8.59. The molecule has 3 nitrogen and oxygen atoms in total. The summed E-state index contributed by atoms with van der Waals surface area (Å²) in [4.78, 5) is 10.5. The quantitative estimate of drug-likeness (QED) is 0.850. The van der Waals surface area contributed by atoms with Gasteiger partial charge in [0.1, 0.15) is 0 Å². The molecular formula is C9H7F3O3. The first kappa shape index (κ1) is 11.4. The van der Waals surface area contributed by atoms with E-state index in [0.29, 0.717) is 0 Å². The molecule has 1 aromatic rings. The summed E-state index contributed by atoms with van der Waals surface area (Å²) < 4.78 is 40.7. The van der Waals surface area contributed by atoms with Crippen molar-refractivity contribution in [3.05, 3.63) is 29.1 Å². The minimum absolute atomic E-state index is 0.0643. The fourth-order valence-corrected chi connectivity index (χ4v) is 1.04. The molecule has 0 amide bonds. The number of carboxylic acids is 1. The Balaban J connectivity index is 3.19. The third-order valence-electron chi connectivity index (χ3n) is 1.68. The van der Waals surface area contributed by atoms with Crippen LogP contribution in [0.1, 0.15) is 15.9 Å². The summed E-state index contributed by atoms with van der Waals surface area (Å²) in [6, 6.07) is 1.76. The van der Waals surface area contributed by atoms with Crippen LogP contribution in [-0.4, -0.2) is 17.7 Å². The molecular weight excluding hydrogens is 213 g/mol. The molecule has 0 fully saturated rings. The second-order valence-corrected chi connectivity index (χ2v) is 2.79. The molecule has 0 aliphatic rings. The topological polar surface area (TPSA) is 46.5 Å². The number of aryl methyl sites for hydroxylation is 1. The highest BCUT2D eigenvalue weighted by Crippen LogP contribution is 2.24. The Hall–Kier alpha value is -1.72. The van der Waals surface area contributed by atoms with Crippen molar-refractivity contribution in [2.24, 2.45) is 0 Å². The Kier molecular flexibility index (Phi) is 3.18. The Morgan fingerprint density at radius 3 is 2.53 bits per heavy atom.